The monoisotopic (exact) mass is 358 g/mol. The number of aromatic nitrogens is 1. The first-order valence-corrected chi connectivity index (χ1v) is 8.98. The summed E-state index contributed by atoms with van der Waals surface area (Å²) in [5, 5.41) is 14.6. The summed E-state index contributed by atoms with van der Waals surface area (Å²) in [4.78, 5) is 14.2. The Hall–Kier alpha value is -2.34. The van der Waals surface area contributed by atoms with Crippen LogP contribution in [0.15, 0.2) is 28.8 Å². The lowest BCUT2D eigenvalue weighted by Gasteiger charge is -2.23. The molecule has 1 aromatic carbocycles. The molecule has 1 atom stereocenters. The summed E-state index contributed by atoms with van der Waals surface area (Å²) in [6.07, 6.45) is 1.52. The van der Waals surface area contributed by atoms with E-state index < -0.39 is 5.60 Å². The molecule has 6 nitrogen and oxygen atoms in total. The predicted molar refractivity (Wildman–Crippen MR) is 97.1 cm³/mol. The SMILES string of the molecule is Cc1ccc(OC[C@]2(O)CCN(C(=O)CCc3c(C)noc3C)C2)cc1. The van der Waals surface area contributed by atoms with Crippen molar-refractivity contribution in [3.8, 4) is 5.75 Å². The maximum Gasteiger partial charge on any atom is 0.223 e. The molecule has 0 bridgehead atoms. The molecular formula is C20H26N2O4. The summed E-state index contributed by atoms with van der Waals surface area (Å²) in [5.41, 5.74) is 1.99. The van der Waals surface area contributed by atoms with Gasteiger partial charge in [-0.25, -0.2) is 0 Å². The highest BCUT2D eigenvalue weighted by atomic mass is 16.5. The summed E-state index contributed by atoms with van der Waals surface area (Å²) in [7, 11) is 0. The Bertz CT molecular complexity index is 749. The van der Waals surface area contributed by atoms with Gasteiger partial charge in [-0.2, -0.15) is 0 Å². The highest BCUT2D eigenvalue weighted by Gasteiger charge is 2.38. The standard InChI is InChI=1S/C20H26N2O4/c1-14-4-6-17(7-5-14)25-13-20(24)10-11-22(12-20)19(23)9-8-18-15(2)21-26-16(18)3/h4-7,24H,8-13H2,1-3H3/t20-/m0/s1. The quantitative estimate of drug-likeness (QED) is 0.859. The average molecular weight is 358 g/mol. The molecule has 0 spiro atoms. The van der Waals surface area contributed by atoms with Crippen molar-refractivity contribution in [3.63, 3.8) is 0 Å². The Morgan fingerprint density at radius 1 is 1.31 bits per heavy atom. The molecular weight excluding hydrogens is 332 g/mol. The van der Waals surface area contributed by atoms with Crippen molar-refractivity contribution >= 4 is 5.91 Å². The molecule has 2 aromatic rings. The predicted octanol–water partition coefficient (Wildman–Crippen LogP) is 2.57. The minimum absolute atomic E-state index is 0.0382. The topological polar surface area (TPSA) is 75.8 Å². The van der Waals surface area contributed by atoms with Gasteiger partial charge in [0.1, 0.15) is 23.7 Å². The van der Waals surface area contributed by atoms with Gasteiger partial charge in [-0.15, -0.1) is 0 Å². The maximum absolute atomic E-state index is 12.5. The third-order valence-corrected chi connectivity index (χ3v) is 4.98. The Balaban J connectivity index is 1.50. The largest absolute Gasteiger partial charge is 0.491 e. The second-order valence-corrected chi connectivity index (χ2v) is 7.19. The molecule has 3 rings (SSSR count). The zero-order valence-corrected chi connectivity index (χ0v) is 15.6. The fourth-order valence-electron chi connectivity index (χ4n) is 3.29. The molecule has 1 aliphatic heterocycles. The molecule has 2 heterocycles. The Labute approximate surface area is 153 Å². The first-order chi connectivity index (χ1) is 12.4. The van der Waals surface area contributed by atoms with E-state index in [-0.39, 0.29) is 12.5 Å². The summed E-state index contributed by atoms with van der Waals surface area (Å²) in [6.45, 7) is 6.79. The molecule has 1 N–H and O–H groups in total. The summed E-state index contributed by atoms with van der Waals surface area (Å²) >= 11 is 0. The molecule has 0 unspecified atom stereocenters. The fraction of sp³-hybridized carbons (Fsp3) is 0.500. The van der Waals surface area contributed by atoms with E-state index in [1.165, 1.54) is 0 Å². The molecule has 1 aromatic heterocycles. The van der Waals surface area contributed by atoms with Gasteiger partial charge < -0.3 is 19.3 Å². The number of nitrogens with zero attached hydrogens (tertiary/aromatic N) is 2. The Morgan fingerprint density at radius 2 is 2.04 bits per heavy atom. The minimum Gasteiger partial charge on any atom is -0.491 e. The van der Waals surface area contributed by atoms with Crippen LogP contribution in [-0.2, 0) is 11.2 Å². The van der Waals surface area contributed by atoms with Gasteiger partial charge in [0.15, 0.2) is 0 Å². The number of carbonyl (C=O) groups is 1. The van der Waals surface area contributed by atoms with Gasteiger partial charge in [-0.3, -0.25) is 4.79 Å². The fourth-order valence-corrected chi connectivity index (χ4v) is 3.29. The van der Waals surface area contributed by atoms with E-state index >= 15 is 0 Å². The maximum atomic E-state index is 12.5. The van der Waals surface area contributed by atoms with Crippen molar-refractivity contribution in [1.82, 2.24) is 10.1 Å². The van der Waals surface area contributed by atoms with Gasteiger partial charge in [0.2, 0.25) is 5.91 Å². The van der Waals surface area contributed by atoms with Gasteiger partial charge in [-0.05, 0) is 45.7 Å². The van der Waals surface area contributed by atoms with Crippen LogP contribution >= 0.6 is 0 Å². The van der Waals surface area contributed by atoms with Crippen LogP contribution in [0.4, 0.5) is 0 Å². The molecule has 1 amide bonds. The van der Waals surface area contributed by atoms with Gasteiger partial charge in [0.05, 0.1) is 12.2 Å². The zero-order valence-electron chi connectivity index (χ0n) is 15.6. The number of hydrogen-bond donors (Lipinski definition) is 1. The zero-order chi connectivity index (χ0) is 18.7. The number of likely N-dealkylation sites (tertiary alicyclic amines) is 1. The van der Waals surface area contributed by atoms with Crippen molar-refractivity contribution in [2.45, 2.75) is 45.6 Å². The van der Waals surface area contributed by atoms with Crippen LogP contribution in [0.25, 0.3) is 0 Å². The summed E-state index contributed by atoms with van der Waals surface area (Å²) in [6, 6.07) is 7.72. The molecule has 26 heavy (non-hydrogen) atoms. The Morgan fingerprint density at radius 3 is 2.69 bits per heavy atom. The van der Waals surface area contributed by atoms with Gasteiger partial charge in [0, 0.05) is 18.5 Å². The lowest BCUT2D eigenvalue weighted by Crippen LogP contribution is -2.40. The van der Waals surface area contributed by atoms with E-state index in [1.54, 1.807) is 4.90 Å². The lowest BCUT2D eigenvalue weighted by atomic mass is 10.1. The van der Waals surface area contributed by atoms with Crippen LogP contribution in [0.1, 0.15) is 35.4 Å². The molecule has 1 aliphatic rings. The average Bonchev–Trinajstić information content (AvgIpc) is 3.16. The number of β-amino-alcohol motifs (C(OH)–C–C–N with tert-alkyl or cyclic N) is 1. The van der Waals surface area contributed by atoms with Crippen LogP contribution in [-0.4, -0.2) is 46.4 Å². The summed E-state index contributed by atoms with van der Waals surface area (Å²) < 4.78 is 10.9. The van der Waals surface area contributed by atoms with Crippen LogP contribution < -0.4 is 4.74 Å². The molecule has 0 radical (unpaired) electrons. The second-order valence-electron chi connectivity index (χ2n) is 7.19. The van der Waals surface area contributed by atoms with Crippen LogP contribution in [0, 0.1) is 20.8 Å². The second kappa shape index (κ2) is 7.50. The third kappa shape index (κ3) is 4.25. The summed E-state index contributed by atoms with van der Waals surface area (Å²) in [5.74, 6) is 1.53. The highest BCUT2D eigenvalue weighted by molar-refractivity contribution is 5.77. The first kappa shape index (κ1) is 18.5. The van der Waals surface area contributed by atoms with Crippen molar-refractivity contribution in [2.24, 2.45) is 0 Å². The first-order valence-electron chi connectivity index (χ1n) is 8.98. The number of carbonyl (C=O) groups excluding carboxylic acids is 1. The van der Waals surface area contributed by atoms with Crippen molar-refractivity contribution in [1.29, 1.82) is 0 Å². The van der Waals surface area contributed by atoms with Gasteiger partial charge in [0.25, 0.3) is 0 Å². The number of rotatable bonds is 6. The van der Waals surface area contributed by atoms with Crippen LogP contribution in [0.3, 0.4) is 0 Å². The number of aryl methyl sites for hydroxylation is 3. The normalized spacial score (nSPS) is 19.8. The van der Waals surface area contributed by atoms with Gasteiger partial charge in [-0.1, -0.05) is 22.9 Å². The number of amides is 1. The van der Waals surface area contributed by atoms with E-state index in [0.29, 0.717) is 32.4 Å². The van der Waals surface area contributed by atoms with E-state index in [1.807, 2.05) is 45.0 Å². The highest BCUT2D eigenvalue weighted by Crippen LogP contribution is 2.24. The molecule has 0 saturated carbocycles. The van der Waals surface area contributed by atoms with E-state index in [9.17, 15) is 9.90 Å². The van der Waals surface area contributed by atoms with Crippen molar-refractivity contribution in [3.05, 3.63) is 46.8 Å². The van der Waals surface area contributed by atoms with E-state index in [4.69, 9.17) is 9.26 Å². The lowest BCUT2D eigenvalue weighted by molar-refractivity contribution is -0.131. The van der Waals surface area contributed by atoms with E-state index in [2.05, 4.69) is 5.16 Å². The number of aliphatic hydroxyl groups is 1. The smallest absolute Gasteiger partial charge is 0.223 e. The van der Waals surface area contributed by atoms with E-state index in [0.717, 1.165) is 28.3 Å². The number of hydrogen-bond acceptors (Lipinski definition) is 5. The van der Waals surface area contributed by atoms with Crippen LogP contribution in [0.5, 0.6) is 5.75 Å². The minimum atomic E-state index is -0.996. The number of benzene rings is 1. The van der Waals surface area contributed by atoms with Crippen molar-refractivity contribution in [2.75, 3.05) is 19.7 Å². The molecule has 1 saturated heterocycles. The van der Waals surface area contributed by atoms with Crippen molar-refractivity contribution < 1.29 is 19.2 Å². The molecule has 1 fully saturated rings. The van der Waals surface area contributed by atoms with Crippen LogP contribution in [0.2, 0.25) is 0 Å². The number of ether oxygens (including phenoxy) is 1. The molecule has 0 aliphatic carbocycles. The Kier molecular flexibility index (Phi) is 5.32. The molecule has 6 heteroatoms. The van der Waals surface area contributed by atoms with Gasteiger partial charge >= 0.3 is 0 Å². The molecule has 140 valence electrons. The third-order valence-electron chi connectivity index (χ3n) is 4.98.